The minimum Gasteiger partial charge on any atom is -0.619 e. The Balaban J connectivity index is 1.97. The highest BCUT2D eigenvalue weighted by Crippen LogP contribution is 2.30. The minimum atomic E-state index is -0.458. The zero-order valence-electron chi connectivity index (χ0n) is 14.7. The van der Waals surface area contributed by atoms with Crippen LogP contribution in [0, 0.1) is 11.0 Å². The van der Waals surface area contributed by atoms with Gasteiger partial charge >= 0.3 is 0 Å². The molecule has 144 valence electrons. The van der Waals surface area contributed by atoms with E-state index in [1.54, 1.807) is 18.2 Å². The van der Waals surface area contributed by atoms with Gasteiger partial charge in [0.05, 0.1) is 17.2 Å². The van der Waals surface area contributed by atoms with E-state index in [0.29, 0.717) is 27.3 Å². The number of aromatic nitrogens is 1. The van der Waals surface area contributed by atoms with Crippen LogP contribution in [0.2, 0.25) is 10.0 Å². The second-order valence-corrected chi connectivity index (χ2v) is 6.78. The summed E-state index contributed by atoms with van der Waals surface area (Å²) < 4.78 is 19.3. The molecule has 1 heterocycles. The van der Waals surface area contributed by atoms with Crippen LogP contribution in [0.3, 0.4) is 0 Å². The molecule has 1 amide bonds. The van der Waals surface area contributed by atoms with E-state index in [4.69, 9.17) is 27.9 Å². The summed E-state index contributed by atoms with van der Waals surface area (Å²) in [5.74, 6) is -0.531. The Bertz CT molecular complexity index is 1040. The quantitative estimate of drug-likeness (QED) is 0.483. The molecule has 0 aliphatic carbocycles. The summed E-state index contributed by atoms with van der Waals surface area (Å²) >= 11 is 12.2. The predicted molar refractivity (Wildman–Crippen MR) is 106 cm³/mol. The maximum atomic E-state index is 13.5. The number of amides is 1. The smallest absolute Gasteiger partial charge is 0.256 e. The molecule has 0 saturated heterocycles. The number of halogens is 3. The molecule has 3 rings (SSSR count). The third-order valence-corrected chi connectivity index (χ3v) is 4.78. The summed E-state index contributed by atoms with van der Waals surface area (Å²) in [4.78, 5) is 12.8. The van der Waals surface area contributed by atoms with Crippen LogP contribution in [0.4, 0.5) is 10.1 Å². The zero-order valence-corrected chi connectivity index (χ0v) is 16.2. The van der Waals surface area contributed by atoms with Gasteiger partial charge in [-0.05, 0) is 35.4 Å². The minimum absolute atomic E-state index is 0.216. The Kier molecular flexibility index (Phi) is 6.02. The number of ether oxygens (including phenoxy) is 1. The molecule has 0 aliphatic heterocycles. The average Bonchev–Trinajstić information content (AvgIpc) is 2.65. The molecular formula is C20H15Cl2FN2O3. The molecule has 3 aromatic rings. The maximum absolute atomic E-state index is 13.5. The van der Waals surface area contributed by atoms with Gasteiger partial charge in [-0.15, -0.1) is 0 Å². The molecule has 0 bridgehead atoms. The van der Waals surface area contributed by atoms with Crippen molar-refractivity contribution in [1.82, 2.24) is 0 Å². The van der Waals surface area contributed by atoms with Crippen LogP contribution < -0.4 is 14.8 Å². The van der Waals surface area contributed by atoms with Crippen molar-refractivity contribution in [3.63, 3.8) is 0 Å². The third-order valence-electron chi connectivity index (χ3n) is 4.05. The second-order valence-electron chi connectivity index (χ2n) is 5.96. The zero-order chi connectivity index (χ0) is 20.3. The van der Waals surface area contributed by atoms with E-state index in [1.807, 2.05) is 0 Å². The molecule has 0 saturated carbocycles. The Hall–Kier alpha value is -2.83. The van der Waals surface area contributed by atoms with Gasteiger partial charge in [0, 0.05) is 24.1 Å². The molecular weight excluding hydrogens is 406 g/mol. The molecule has 28 heavy (non-hydrogen) atoms. The molecule has 0 unspecified atom stereocenters. The summed E-state index contributed by atoms with van der Waals surface area (Å²) in [5.41, 5.74) is 1.86. The van der Waals surface area contributed by atoms with Gasteiger partial charge in [-0.1, -0.05) is 29.3 Å². The topological polar surface area (TPSA) is 65.3 Å². The van der Waals surface area contributed by atoms with Crippen molar-refractivity contribution >= 4 is 34.8 Å². The van der Waals surface area contributed by atoms with Gasteiger partial charge in [0.2, 0.25) is 6.20 Å². The molecule has 0 fully saturated rings. The summed E-state index contributed by atoms with van der Waals surface area (Å²) in [7, 11) is 1.44. The molecule has 0 aliphatic rings. The molecule has 8 heteroatoms. The van der Waals surface area contributed by atoms with Crippen LogP contribution in [0.25, 0.3) is 0 Å². The van der Waals surface area contributed by atoms with Crippen molar-refractivity contribution in [3.05, 3.63) is 92.6 Å². The van der Waals surface area contributed by atoms with Gasteiger partial charge in [0.25, 0.3) is 5.91 Å². The summed E-state index contributed by atoms with van der Waals surface area (Å²) in [6.07, 6.45) is 2.80. The van der Waals surface area contributed by atoms with Crippen molar-refractivity contribution < 1.29 is 18.7 Å². The number of carbonyl (C=O) groups is 1. The van der Waals surface area contributed by atoms with Gasteiger partial charge in [0.15, 0.2) is 6.20 Å². The first-order valence-electron chi connectivity index (χ1n) is 8.18. The fraction of sp³-hybridized carbons (Fsp3) is 0.100. The van der Waals surface area contributed by atoms with Gasteiger partial charge in [-0.3, -0.25) is 4.79 Å². The van der Waals surface area contributed by atoms with Crippen molar-refractivity contribution in [1.29, 1.82) is 0 Å². The number of benzene rings is 2. The van der Waals surface area contributed by atoms with E-state index in [-0.39, 0.29) is 22.0 Å². The summed E-state index contributed by atoms with van der Waals surface area (Å²) in [5, 5.41) is 14.6. The van der Waals surface area contributed by atoms with Crippen LogP contribution in [-0.2, 0) is 6.42 Å². The Morgan fingerprint density at radius 1 is 1.18 bits per heavy atom. The first-order chi connectivity index (χ1) is 13.4. The van der Waals surface area contributed by atoms with Gasteiger partial charge in [0.1, 0.15) is 17.3 Å². The first kappa shape index (κ1) is 19.9. The van der Waals surface area contributed by atoms with Crippen LogP contribution >= 0.6 is 23.2 Å². The normalized spacial score (nSPS) is 10.6. The maximum Gasteiger partial charge on any atom is 0.256 e. The van der Waals surface area contributed by atoms with E-state index in [9.17, 15) is 14.4 Å². The second kappa shape index (κ2) is 8.46. The lowest BCUT2D eigenvalue weighted by molar-refractivity contribution is -0.604. The monoisotopic (exact) mass is 420 g/mol. The molecule has 1 aromatic heterocycles. The lowest BCUT2D eigenvalue weighted by Gasteiger charge is -2.14. The van der Waals surface area contributed by atoms with Crippen LogP contribution in [0.1, 0.15) is 21.5 Å². The van der Waals surface area contributed by atoms with Crippen molar-refractivity contribution in [2.75, 3.05) is 12.4 Å². The number of carbonyl (C=O) groups excluding carboxylic acids is 1. The van der Waals surface area contributed by atoms with Crippen molar-refractivity contribution in [2.45, 2.75) is 6.42 Å². The molecule has 0 radical (unpaired) electrons. The van der Waals surface area contributed by atoms with Gasteiger partial charge in [-0.25, -0.2) is 4.39 Å². The van der Waals surface area contributed by atoms with E-state index in [0.717, 1.165) is 0 Å². The fourth-order valence-electron chi connectivity index (χ4n) is 2.74. The summed E-state index contributed by atoms with van der Waals surface area (Å²) in [6, 6.07) is 10.3. The van der Waals surface area contributed by atoms with E-state index in [2.05, 4.69) is 5.32 Å². The van der Waals surface area contributed by atoms with E-state index >= 15 is 0 Å². The number of pyridine rings is 1. The lowest BCUT2D eigenvalue weighted by atomic mass is 9.98. The van der Waals surface area contributed by atoms with Gasteiger partial charge < -0.3 is 15.3 Å². The number of hydrogen-bond donors (Lipinski definition) is 1. The standard InChI is InChI=1S/C20H15Cl2FN2O3/c1-28-19-9-14(23)5-4-12(19)7-13-8-17(21)18(22)10-16(13)20(26)24-15-3-2-6-25(27)11-15/h2-6,8-11H,7H2,1H3,(H,24,26). The lowest BCUT2D eigenvalue weighted by Crippen LogP contribution is -2.25. The predicted octanol–water partition coefficient (Wildman–Crippen LogP) is 4.62. The SMILES string of the molecule is COc1cc(F)ccc1Cc1cc(Cl)c(Cl)cc1C(=O)Nc1ccc[n+]([O-])c1. The highest BCUT2D eigenvalue weighted by molar-refractivity contribution is 6.42. The molecule has 5 nitrogen and oxygen atoms in total. The highest BCUT2D eigenvalue weighted by Gasteiger charge is 2.17. The van der Waals surface area contributed by atoms with Crippen molar-refractivity contribution in [2.24, 2.45) is 0 Å². The number of nitrogens with one attached hydrogen (secondary N) is 1. The van der Waals surface area contributed by atoms with Crippen molar-refractivity contribution in [3.8, 4) is 5.75 Å². The molecule has 2 aromatic carbocycles. The largest absolute Gasteiger partial charge is 0.619 e. The first-order valence-corrected chi connectivity index (χ1v) is 8.93. The Labute approximate surface area is 170 Å². The number of nitrogens with zero attached hydrogens (tertiary/aromatic N) is 1. The Morgan fingerprint density at radius 2 is 1.93 bits per heavy atom. The van der Waals surface area contributed by atoms with E-state index < -0.39 is 11.7 Å². The van der Waals surface area contributed by atoms with Crippen LogP contribution in [0.15, 0.2) is 54.9 Å². The van der Waals surface area contributed by atoms with Crippen LogP contribution in [0.5, 0.6) is 5.75 Å². The highest BCUT2D eigenvalue weighted by atomic mass is 35.5. The molecule has 0 atom stereocenters. The average molecular weight is 421 g/mol. The van der Waals surface area contributed by atoms with E-state index in [1.165, 1.54) is 43.8 Å². The number of hydrogen-bond acceptors (Lipinski definition) is 3. The molecule has 1 N–H and O–H groups in total. The number of methoxy groups -OCH3 is 1. The third kappa shape index (κ3) is 4.52. The number of rotatable bonds is 5. The summed E-state index contributed by atoms with van der Waals surface area (Å²) in [6.45, 7) is 0. The fourth-order valence-corrected chi connectivity index (χ4v) is 3.09. The Morgan fingerprint density at radius 3 is 2.64 bits per heavy atom. The van der Waals surface area contributed by atoms with Crippen LogP contribution in [-0.4, -0.2) is 13.0 Å². The van der Waals surface area contributed by atoms with Gasteiger partial charge in [-0.2, -0.15) is 4.73 Å². The number of anilines is 1. The molecule has 0 spiro atoms.